The highest BCUT2D eigenvalue weighted by molar-refractivity contribution is 6.08. The van der Waals surface area contributed by atoms with Crippen LogP contribution in [0.4, 0.5) is 8.78 Å². The molecule has 0 saturated heterocycles. The van der Waals surface area contributed by atoms with E-state index in [4.69, 9.17) is 5.41 Å². The fraction of sp³-hybridized carbons (Fsp3) is 0.267. The summed E-state index contributed by atoms with van der Waals surface area (Å²) in [6.45, 7) is 5.27. The van der Waals surface area contributed by atoms with Crippen molar-refractivity contribution in [3.8, 4) is 0 Å². The fourth-order valence-electron chi connectivity index (χ4n) is 2.24. The molecule has 0 fully saturated rings. The highest BCUT2D eigenvalue weighted by Crippen LogP contribution is 2.25. The van der Waals surface area contributed by atoms with Crippen LogP contribution in [-0.4, -0.2) is 23.8 Å². The molecule has 2 aromatic rings. The van der Waals surface area contributed by atoms with Crippen LogP contribution in [0.1, 0.15) is 19.4 Å². The van der Waals surface area contributed by atoms with Gasteiger partial charge in [-0.25, -0.2) is 8.78 Å². The first-order chi connectivity index (χ1) is 9.10. The van der Waals surface area contributed by atoms with Crippen molar-refractivity contribution in [3.05, 3.63) is 47.5 Å². The highest BCUT2D eigenvalue weighted by Gasteiger charge is 2.15. The van der Waals surface area contributed by atoms with Crippen molar-refractivity contribution in [1.82, 2.24) is 4.90 Å². The van der Waals surface area contributed by atoms with Gasteiger partial charge < -0.3 is 4.90 Å². The summed E-state index contributed by atoms with van der Waals surface area (Å²) >= 11 is 0. The Balaban J connectivity index is 2.66. The maximum Gasteiger partial charge on any atom is 0.134 e. The summed E-state index contributed by atoms with van der Waals surface area (Å²) in [5.74, 6) is -0.894. The molecule has 1 N–H and O–H groups in total. The first-order valence-electron chi connectivity index (χ1n) is 6.30. The summed E-state index contributed by atoms with van der Waals surface area (Å²) in [6.07, 6.45) is 0. The third-order valence-corrected chi connectivity index (χ3v) is 3.27. The molecule has 0 unspecified atom stereocenters. The number of halogens is 2. The molecule has 0 bridgehead atoms. The van der Waals surface area contributed by atoms with E-state index in [1.54, 1.807) is 6.07 Å². The maximum absolute atomic E-state index is 13.7. The summed E-state index contributed by atoms with van der Waals surface area (Å²) in [5.41, 5.74) is 0.555. The lowest BCUT2D eigenvalue weighted by atomic mass is 10.0. The quantitative estimate of drug-likeness (QED) is 0.661. The van der Waals surface area contributed by atoms with Crippen LogP contribution in [0.5, 0.6) is 0 Å². The third-order valence-electron chi connectivity index (χ3n) is 3.27. The van der Waals surface area contributed by atoms with Gasteiger partial charge in [0.2, 0.25) is 0 Å². The summed E-state index contributed by atoms with van der Waals surface area (Å²) in [5, 5.41) is 8.59. The van der Waals surface area contributed by atoms with Gasteiger partial charge in [-0.2, -0.15) is 0 Å². The van der Waals surface area contributed by atoms with E-state index in [0.29, 0.717) is 29.9 Å². The SMILES string of the molecule is CCN(CC)C(=N)c1ccc(F)c2c(F)cccc12. The molecule has 2 aromatic carbocycles. The first kappa shape index (κ1) is 13.5. The number of nitrogens with zero attached hydrogens (tertiary/aromatic N) is 1. The lowest BCUT2D eigenvalue weighted by Crippen LogP contribution is -2.30. The molecular formula is C15H16F2N2. The second kappa shape index (κ2) is 5.34. The lowest BCUT2D eigenvalue weighted by Gasteiger charge is -2.22. The second-order valence-corrected chi connectivity index (χ2v) is 4.28. The molecule has 0 spiro atoms. The van der Waals surface area contributed by atoms with Gasteiger partial charge in [0.05, 0.1) is 5.39 Å². The number of rotatable bonds is 3. The zero-order valence-electron chi connectivity index (χ0n) is 11.0. The normalized spacial score (nSPS) is 10.7. The van der Waals surface area contributed by atoms with E-state index in [1.807, 2.05) is 18.7 Å². The standard InChI is InChI=1S/C15H16F2N2/c1-3-19(4-2)15(18)11-8-9-13(17)14-10(11)6-5-7-12(14)16/h5-9,18H,3-4H2,1-2H3. The molecule has 0 aliphatic heterocycles. The van der Waals surface area contributed by atoms with Crippen LogP contribution >= 0.6 is 0 Å². The number of nitrogens with one attached hydrogen (secondary N) is 1. The molecular weight excluding hydrogens is 246 g/mol. The maximum atomic E-state index is 13.7. The Morgan fingerprint density at radius 2 is 1.68 bits per heavy atom. The topological polar surface area (TPSA) is 27.1 Å². The van der Waals surface area contributed by atoms with Gasteiger partial charge in [-0.15, -0.1) is 0 Å². The van der Waals surface area contributed by atoms with E-state index in [9.17, 15) is 8.78 Å². The molecule has 0 radical (unpaired) electrons. The molecule has 0 heterocycles. The Morgan fingerprint density at radius 1 is 1.05 bits per heavy atom. The van der Waals surface area contributed by atoms with Crippen molar-refractivity contribution < 1.29 is 8.78 Å². The van der Waals surface area contributed by atoms with Crippen LogP contribution in [0.25, 0.3) is 10.8 Å². The van der Waals surface area contributed by atoms with Gasteiger partial charge in [0.15, 0.2) is 0 Å². The van der Waals surface area contributed by atoms with Gasteiger partial charge in [-0.1, -0.05) is 12.1 Å². The number of amidine groups is 1. The minimum Gasteiger partial charge on any atom is -0.357 e. The molecule has 0 aliphatic carbocycles. The average molecular weight is 262 g/mol. The van der Waals surface area contributed by atoms with Gasteiger partial charge in [-0.05, 0) is 37.4 Å². The van der Waals surface area contributed by atoms with Crippen molar-refractivity contribution in [3.63, 3.8) is 0 Å². The highest BCUT2D eigenvalue weighted by atomic mass is 19.1. The monoisotopic (exact) mass is 262 g/mol. The van der Waals surface area contributed by atoms with Crippen LogP contribution in [0.15, 0.2) is 30.3 Å². The molecule has 2 rings (SSSR count). The number of benzene rings is 2. The molecule has 0 saturated carbocycles. The summed E-state index contributed by atoms with van der Waals surface area (Å²) in [4.78, 5) is 1.84. The van der Waals surface area contributed by atoms with Gasteiger partial charge in [0.25, 0.3) is 0 Å². The minimum absolute atomic E-state index is 0.0445. The van der Waals surface area contributed by atoms with Crippen LogP contribution in [-0.2, 0) is 0 Å². The van der Waals surface area contributed by atoms with E-state index in [2.05, 4.69) is 0 Å². The summed E-state index contributed by atoms with van der Waals surface area (Å²) in [6, 6.07) is 7.18. The van der Waals surface area contributed by atoms with Gasteiger partial charge in [0, 0.05) is 18.7 Å². The molecule has 0 atom stereocenters. The molecule has 0 amide bonds. The number of fused-ring (bicyclic) bond motifs is 1. The van der Waals surface area contributed by atoms with Crippen molar-refractivity contribution in [1.29, 1.82) is 5.41 Å². The van der Waals surface area contributed by atoms with E-state index >= 15 is 0 Å². The van der Waals surface area contributed by atoms with Crippen molar-refractivity contribution in [2.45, 2.75) is 13.8 Å². The molecule has 0 aliphatic rings. The average Bonchev–Trinajstić information content (AvgIpc) is 2.40. The predicted molar refractivity (Wildman–Crippen MR) is 73.6 cm³/mol. The Labute approximate surface area is 111 Å². The van der Waals surface area contributed by atoms with Crippen molar-refractivity contribution in [2.75, 3.05) is 13.1 Å². The van der Waals surface area contributed by atoms with Gasteiger partial charge in [-0.3, -0.25) is 5.41 Å². The van der Waals surface area contributed by atoms with Gasteiger partial charge >= 0.3 is 0 Å². The Morgan fingerprint density at radius 3 is 2.32 bits per heavy atom. The zero-order chi connectivity index (χ0) is 14.0. The Kier molecular flexibility index (Phi) is 3.79. The summed E-state index contributed by atoms with van der Waals surface area (Å²) < 4.78 is 27.5. The molecule has 19 heavy (non-hydrogen) atoms. The van der Waals surface area contributed by atoms with E-state index in [-0.39, 0.29) is 5.39 Å². The van der Waals surface area contributed by atoms with Crippen LogP contribution in [0.3, 0.4) is 0 Å². The van der Waals surface area contributed by atoms with Gasteiger partial charge in [0.1, 0.15) is 17.5 Å². The van der Waals surface area contributed by atoms with Crippen LogP contribution < -0.4 is 0 Å². The predicted octanol–water partition coefficient (Wildman–Crippen LogP) is 3.79. The second-order valence-electron chi connectivity index (χ2n) is 4.28. The van der Waals surface area contributed by atoms with E-state index in [0.717, 1.165) is 0 Å². The Bertz CT molecular complexity index is 611. The lowest BCUT2D eigenvalue weighted by molar-refractivity contribution is 0.464. The van der Waals surface area contributed by atoms with E-state index in [1.165, 1.54) is 24.3 Å². The Hall–Kier alpha value is -1.97. The van der Waals surface area contributed by atoms with Crippen LogP contribution in [0.2, 0.25) is 0 Å². The van der Waals surface area contributed by atoms with Crippen molar-refractivity contribution in [2.24, 2.45) is 0 Å². The largest absolute Gasteiger partial charge is 0.357 e. The number of hydrogen-bond donors (Lipinski definition) is 1. The zero-order valence-corrected chi connectivity index (χ0v) is 11.0. The van der Waals surface area contributed by atoms with E-state index < -0.39 is 11.6 Å². The first-order valence-corrected chi connectivity index (χ1v) is 6.30. The fourth-order valence-corrected chi connectivity index (χ4v) is 2.24. The molecule has 100 valence electrons. The smallest absolute Gasteiger partial charge is 0.134 e. The van der Waals surface area contributed by atoms with Crippen molar-refractivity contribution >= 4 is 16.6 Å². The van der Waals surface area contributed by atoms with Crippen LogP contribution in [0, 0.1) is 17.0 Å². The summed E-state index contributed by atoms with van der Waals surface area (Å²) in [7, 11) is 0. The minimum atomic E-state index is -0.593. The third kappa shape index (κ3) is 2.30. The number of hydrogen-bond acceptors (Lipinski definition) is 1. The molecule has 4 heteroatoms. The molecule has 2 nitrogen and oxygen atoms in total. The molecule has 0 aromatic heterocycles.